The standard InChI is InChI=1S/C23H25ClN6O3/c24-14-5-3-13(4-6-14)16-10-17(16)29-23(33)19-2-1-9-30(19)20(31)12-28-18-11-27-8-7-15(18)21(25)22(26)32/h3-8,11,16-17,19,25,28H,1-2,9-10,12H2,(H2,26,32)(H,29,33)/t16-,17?,19-/m0/s1. The van der Waals surface area contributed by atoms with Crippen molar-refractivity contribution in [2.75, 3.05) is 18.4 Å². The SMILES string of the molecule is N=C(C(N)=O)c1ccncc1NCC(=O)N1CCC[C@H]1C(=O)NC1C[C@H]1c1ccc(Cl)cc1. The van der Waals surface area contributed by atoms with Crippen LogP contribution in [-0.2, 0) is 14.4 Å². The zero-order valence-corrected chi connectivity index (χ0v) is 18.6. The van der Waals surface area contributed by atoms with Crippen molar-refractivity contribution in [1.82, 2.24) is 15.2 Å². The predicted octanol–water partition coefficient (Wildman–Crippen LogP) is 1.66. The number of aromatic nitrogens is 1. The quantitative estimate of drug-likeness (QED) is 0.436. The second-order valence-electron chi connectivity index (χ2n) is 8.27. The molecular formula is C23H25ClN6O3. The monoisotopic (exact) mass is 468 g/mol. The van der Waals surface area contributed by atoms with Gasteiger partial charge in [-0.15, -0.1) is 0 Å². The summed E-state index contributed by atoms with van der Waals surface area (Å²) in [5.74, 6) is -0.982. The summed E-state index contributed by atoms with van der Waals surface area (Å²) in [6.07, 6.45) is 5.10. The number of primary amides is 1. The van der Waals surface area contributed by atoms with Gasteiger partial charge in [0.25, 0.3) is 5.91 Å². The summed E-state index contributed by atoms with van der Waals surface area (Å²) in [6, 6.07) is 8.67. The first kappa shape index (κ1) is 22.7. The Bertz CT molecular complexity index is 1090. The first-order valence-corrected chi connectivity index (χ1v) is 11.1. The maximum atomic E-state index is 12.9. The van der Waals surface area contributed by atoms with Crippen LogP contribution < -0.4 is 16.4 Å². The van der Waals surface area contributed by atoms with Crippen molar-refractivity contribution in [3.63, 3.8) is 0 Å². The normalized spacial score (nSPS) is 21.4. The Kier molecular flexibility index (Phi) is 6.60. The Labute approximate surface area is 196 Å². The first-order chi connectivity index (χ1) is 15.8. The third-order valence-electron chi connectivity index (χ3n) is 6.06. The van der Waals surface area contributed by atoms with Gasteiger partial charge in [0.1, 0.15) is 11.8 Å². The summed E-state index contributed by atoms with van der Waals surface area (Å²) in [6.45, 7) is 0.409. The van der Waals surface area contributed by atoms with Crippen molar-refractivity contribution in [2.24, 2.45) is 5.73 Å². The number of carbonyl (C=O) groups excluding carboxylic acids is 3. The smallest absolute Gasteiger partial charge is 0.267 e. The molecule has 0 spiro atoms. The van der Waals surface area contributed by atoms with E-state index in [1.165, 1.54) is 18.5 Å². The van der Waals surface area contributed by atoms with Crippen molar-refractivity contribution in [2.45, 2.75) is 37.3 Å². The number of hydrogen-bond donors (Lipinski definition) is 4. The van der Waals surface area contributed by atoms with E-state index < -0.39 is 11.9 Å². The summed E-state index contributed by atoms with van der Waals surface area (Å²) in [5.41, 5.74) is 6.60. The van der Waals surface area contributed by atoms with E-state index in [0.717, 1.165) is 18.4 Å². The van der Waals surface area contributed by atoms with Crippen molar-refractivity contribution in [3.8, 4) is 0 Å². The molecule has 10 heteroatoms. The average molecular weight is 469 g/mol. The minimum atomic E-state index is -0.871. The molecule has 4 rings (SSSR count). The van der Waals surface area contributed by atoms with Crippen molar-refractivity contribution >= 4 is 40.7 Å². The Balaban J connectivity index is 1.33. The highest BCUT2D eigenvalue weighted by atomic mass is 35.5. The number of nitrogens with one attached hydrogen (secondary N) is 3. The number of amides is 3. The van der Waals surface area contributed by atoms with E-state index in [0.29, 0.717) is 23.7 Å². The van der Waals surface area contributed by atoms with Crippen molar-refractivity contribution in [3.05, 3.63) is 58.9 Å². The van der Waals surface area contributed by atoms with Gasteiger partial charge in [0.2, 0.25) is 11.8 Å². The van der Waals surface area contributed by atoms with Gasteiger partial charge < -0.3 is 21.3 Å². The molecule has 3 amide bonds. The second kappa shape index (κ2) is 9.58. The molecule has 5 N–H and O–H groups in total. The number of halogens is 1. The molecule has 2 heterocycles. The van der Waals surface area contributed by atoms with E-state index in [2.05, 4.69) is 15.6 Å². The number of carbonyl (C=O) groups is 3. The minimum absolute atomic E-state index is 0.0621. The van der Waals surface area contributed by atoms with Gasteiger partial charge in [0.15, 0.2) is 0 Å². The van der Waals surface area contributed by atoms with E-state index in [-0.39, 0.29) is 41.6 Å². The summed E-state index contributed by atoms with van der Waals surface area (Å²) in [7, 11) is 0. The van der Waals surface area contributed by atoms with Gasteiger partial charge in [-0.05, 0) is 43.0 Å². The molecule has 2 aromatic rings. The molecule has 1 saturated heterocycles. The van der Waals surface area contributed by atoms with Crippen LogP contribution in [0.2, 0.25) is 5.02 Å². The molecule has 1 aliphatic heterocycles. The predicted molar refractivity (Wildman–Crippen MR) is 124 cm³/mol. The zero-order chi connectivity index (χ0) is 23.5. The van der Waals surface area contributed by atoms with Crippen LogP contribution in [0.5, 0.6) is 0 Å². The number of hydrogen-bond acceptors (Lipinski definition) is 6. The average Bonchev–Trinajstić information content (AvgIpc) is 3.38. The lowest BCUT2D eigenvalue weighted by molar-refractivity contribution is -0.137. The lowest BCUT2D eigenvalue weighted by Crippen LogP contribution is -2.48. The number of anilines is 1. The number of nitrogens with two attached hydrogens (primary N) is 1. The van der Waals surface area contributed by atoms with Gasteiger partial charge in [-0.1, -0.05) is 23.7 Å². The molecular weight excluding hydrogens is 444 g/mol. The molecule has 0 radical (unpaired) electrons. The summed E-state index contributed by atoms with van der Waals surface area (Å²) in [5, 5.41) is 14.5. The third kappa shape index (κ3) is 5.14. The zero-order valence-electron chi connectivity index (χ0n) is 17.9. The molecule has 172 valence electrons. The van der Waals surface area contributed by atoms with E-state index in [1.807, 2.05) is 24.3 Å². The molecule has 1 saturated carbocycles. The molecule has 1 unspecified atom stereocenters. The highest BCUT2D eigenvalue weighted by molar-refractivity contribution is 6.44. The fourth-order valence-electron chi connectivity index (χ4n) is 4.21. The third-order valence-corrected chi connectivity index (χ3v) is 6.31. The number of nitrogens with zero attached hydrogens (tertiary/aromatic N) is 2. The van der Waals surface area contributed by atoms with Crippen LogP contribution in [0, 0.1) is 5.41 Å². The lowest BCUT2D eigenvalue weighted by atomic mass is 10.1. The van der Waals surface area contributed by atoms with E-state index in [1.54, 1.807) is 4.90 Å². The van der Waals surface area contributed by atoms with Crippen LogP contribution >= 0.6 is 11.6 Å². The van der Waals surface area contributed by atoms with Crippen LogP contribution in [0.3, 0.4) is 0 Å². The van der Waals surface area contributed by atoms with E-state index in [4.69, 9.17) is 22.7 Å². The fourth-order valence-corrected chi connectivity index (χ4v) is 4.33. The van der Waals surface area contributed by atoms with Gasteiger partial charge in [-0.25, -0.2) is 0 Å². The van der Waals surface area contributed by atoms with Gasteiger partial charge in [0, 0.05) is 35.3 Å². The molecule has 1 aromatic heterocycles. The van der Waals surface area contributed by atoms with E-state index in [9.17, 15) is 14.4 Å². The highest BCUT2D eigenvalue weighted by Crippen LogP contribution is 2.41. The minimum Gasteiger partial charge on any atom is -0.374 e. The molecule has 1 aromatic carbocycles. The van der Waals surface area contributed by atoms with Crippen LogP contribution in [0.4, 0.5) is 5.69 Å². The van der Waals surface area contributed by atoms with Crippen LogP contribution in [0.25, 0.3) is 0 Å². The van der Waals surface area contributed by atoms with Crippen molar-refractivity contribution < 1.29 is 14.4 Å². The van der Waals surface area contributed by atoms with Crippen LogP contribution in [0.1, 0.15) is 36.3 Å². The van der Waals surface area contributed by atoms with E-state index >= 15 is 0 Å². The summed E-state index contributed by atoms with van der Waals surface area (Å²) in [4.78, 5) is 42.7. The van der Waals surface area contributed by atoms with Crippen molar-refractivity contribution in [1.29, 1.82) is 5.41 Å². The van der Waals surface area contributed by atoms with Gasteiger partial charge >= 0.3 is 0 Å². The molecule has 9 nitrogen and oxygen atoms in total. The Morgan fingerprint density at radius 3 is 2.70 bits per heavy atom. The molecule has 33 heavy (non-hydrogen) atoms. The summed E-state index contributed by atoms with van der Waals surface area (Å²) >= 11 is 5.95. The Hall–Kier alpha value is -3.46. The molecule has 3 atom stereocenters. The number of pyridine rings is 1. The maximum Gasteiger partial charge on any atom is 0.267 e. The second-order valence-corrected chi connectivity index (χ2v) is 8.70. The van der Waals surface area contributed by atoms with Gasteiger partial charge in [-0.3, -0.25) is 24.8 Å². The van der Waals surface area contributed by atoms with Gasteiger partial charge in [0.05, 0.1) is 18.4 Å². The number of likely N-dealkylation sites (tertiary alicyclic amines) is 1. The van der Waals surface area contributed by atoms with Crippen LogP contribution in [-0.4, -0.2) is 58.5 Å². The summed E-state index contributed by atoms with van der Waals surface area (Å²) < 4.78 is 0. The fraction of sp³-hybridized carbons (Fsp3) is 0.348. The Morgan fingerprint density at radius 2 is 1.97 bits per heavy atom. The maximum absolute atomic E-state index is 12.9. The lowest BCUT2D eigenvalue weighted by Gasteiger charge is -2.24. The number of rotatable bonds is 8. The molecule has 0 bridgehead atoms. The molecule has 1 aliphatic carbocycles. The first-order valence-electron chi connectivity index (χ1n) is 10.8. The van der Waals surface area contributed by atoms with Gasteiger partial charge in [-0.2, -0.15) is 0 Å². The number of benzene rings is 1. The topological polar surface area (TPSA) is 141 Å². The van der Waals surface area contributed by atoms with Crippen LogP contribution in [0.15, 0.2) is 42.7 Å². The molecule has 2 aliphatic rings. The molecule has 2 fully saturated rings. The Morgan fingerprint density at radius 1 is 1.21 bits per heavy atom. The highest BCUT2D eigenvalue weighted by Gasteiger charge is 2.42. The largest absolute Gasteiger partial charge is 0.374 e.